The molecule has 21 heavy (non-hydrogen) atoms. The molecule has 6 heteroatoms. The first-order valence-corrected chi connectivity index (χ1v) is 9.69. The van der Waals surface area contributed by atoms with Crippen LogP contribution in [0, 0.1) is 0 Å². The van der Waals surface area contributed by atoms with Crippen molar-refractivity contribution >= 4 is 21.6 Å². The summed E-state index contributed by atoms with van der Waals surface area (Å²) in [7, 11) is -3.10. The number of sulfonamides is 1. The Morgan fingerprint density at radius 1 is 1.24 bits per heavy atom. The molecule has 0 amide bonds. The lowest BCUT2D eigenvalue weighted by atomic mass is 10.0. The topological polar surface area (TPSA) is 49.4 Å². The van der Waals surface area contributed by atoms with Gasteiger partial charge in [0.1, 0.15) is 0 Å². The molecule has 2 aliphatic rings. The molecule has 0 saturated carbocycles. The van der Waals surface area contributed by atoms with E-state index in [1.54, 1.807) is 0 Å². The van der Waals surface area contributed by atoms with Crippen LogP contribution in [-0.2, 0) is 16.4 Å². The molecule has 1 aliphatic carbocycles. The third-order valence-corrected chi connectivity index (χ3v) is 5.65. The van der Waals surface area contributed by atoms with Gasteiger partial charge in [-0.05, 0) is 42.9 Å². The summed E-state index contributed by atoms with van der Waals surface area (Å²) in [4.78, 5) is 2.47. The Morgan fingerprint density at radius 2 is 1.95 bits per heavy atom. The number of rotatable bonds is 3. The van der Waals surface area contributed by atoms with E-state index in [0.29, 0.717) is 6.04 Å². The molecule has 0 bridgehead atoms. The molecular weight excluding hydrogens is 308 g/mol. The normalized spacial score (nSPS) is 24.2. The molecule has 1 aliphatic heterocycles. The van der Waals surface area contributed by atoms with E-state index < -0.39 is 10.0 Å². The van der Waals surface area contributed by atoms with Gasteiger partial charge in [0.15, 0.2) is 0 Å². The first kappa shape index (κ1) is 15.3. The summed E-state index contributed by atoms with van der Waals surface area (Å²) < 4.78 is 25.3. The van der Waals surface area contributed by atoms with Crippen LogP contribution in [0.5, 0.6) is 0 Å². The second-order valence-corrected chi connectivity index (χ2v) is 8.25. The molecule has 1 aromatic rings. The second kappa shape index (κ2) is 5.88. The van der Waals surface area contributed by atoms with Crippen LogP contribution in [0.15, 0.2) is 18.2 Å². The number of hydrogen-bond donors (Lipinski definition) is 1. The van der Waals surface area contributed by atoms with E-state index >= 15 is 0 Å². The average molecular weight is 329 g/mol. The Kier molecular flexibility index (Phi) is 4.28. The van der Waals surface area contributed by atoms with Crippen molar-refractivity contribution in [2.24, 2.45) is 0 Å². The number of hydrogen-bond acceptors (Lipinski definition) is 3. The quantitative estimate of drug-likeness (QED) is 0.926. The maximum atomic E-state index is 11.3. The lowest BCUT2D eigenvalue weighted by molar-refractivity contribution is 0.149. The summed E-state index contributed by atoms with van der Waals surface area (Å²) in [5.74, 6) is 0. The van der Waals surface area contributed by atoms with Crippen LogP contribution in [0.2, 0.25) is 5.02 Å². The van der Waals surface area contributed by atoms with E-state index in [4.69, 9.17) is 11.6 Å². The van der Waals surface area contributed by atoms with Gasteiger partial charge in [-0.1, -0.05) is 23.7 Å². The minimum atomic E-state index is -3.10. The van der Waals surface area contributed by atoms with Crippen molar-refractivity contribution in [2.45, 2.75) is 37.8 Å². The number of nitrogens with one attached hydrogen (secondary N) is 1. The number of fused-ring (bicyclic) bond motifs is 1. The van der Waals surface area contributed by atoms with Gasteiger partial charge in [0.2, 0.25) is 10.0 Å². The maximum absolute atomic E-state index is 11.3. The number of halogens is 1. The molecule has 1 N–H and O–H groups in total. The van der Waals surface area contributed by atoms with Crippen LogP contribution < -0.4 is 4.72 Å². The van der Waals surface area contributed by atoms with Crippen molar-refractivity contribution in [3.63, 3.8) is 0 Å². The SMILES string of the molecule is CS(=O)(=O)NC1CCN([C@H]2CCc3c(Cl)cccc32)CC1. The predicted octanol–water partition coefficient (Wildman–Crippen LogP) is 2.34. The molecule has 0 spiro atoms. The number of nitrogens with zero attached hydrogens (tertiary/aromatic N) is 1. The first-order valence-electron chi connectivity index (χ1n) is 7.43. The monoisotopic (exact) mass is 328 g/mol. The van der Waals surface area contributed by atoms with Crippen LogP contribution in [0.25, 0.3) is 0 Å². The largest absolute Gasteiger partial charge is 0.296 e. The van der Waals surface area contributed by atoms with E-state index in [1.807, 2.05) is 12.1 Å². The van der Waals surface area contributed by atoms with Crippen molar-refractivity contribution in [3.05, 3.63) is 34.3 Å². The summed E-state index contributed by atoms with van der Waals surface area (Å²) >= 11 is 6.27. The fourth-order valence-electron chi connectivity index (χ4n) is 3.60. The Balaban J connectivity index is 1.66. The zero-order valence-corrected chi connectivity index (χ0v) is 13.8. The van der Waals surface area contributed by atoms with Gasteiger partial charge < -0.3 is 0 Å². The molecule has 116 valence electrons. The molecule has 0 radical (unpaired) electrons. The molecule has 4 nitrogen and oxygen atoms in total. The lowest BCUT2D eigenvalue weighted by Crippen LogP contribution is -2.45. The third-order valence-electron chi connectivity index (χ3n) is 4.53. The maximum Gasteiger partial charge on any atom is 0.208 e. The third kappa shape index (κ3) is 3.42. The highest BCUT2D eigenvalue weighted by molar-refractivity contribution is 7.88. The molecule has 0 aromatic heterocycles. The van der Waals surface area contributed by atoms with Crippen molar-refractivity contribution in [3.8, 4) is 0 Å². The fourth-order valence-corrected chi connectivity index (χ4v) is 4.72. The Bertz CT molecular complexity index is 625. The minimum absolute atomic E-state index is 0.0801. The summed E-state index contributed by atoms with van der Waals surface area (Å²) in [5, 5.41) is 0.878. The Hall–Kier alpha value is -0.620. The van der Waals surface area contributed by atoms with Gasteiger partial charge >= 0.3 is 0 Å². The van der Waals surface area contributed by atoms with Gasteiger partial charge in [-0.25, -0.2) is 13.1 Å². The molecule has 1 atom stereocenters. The highest BCUT2D eigenvalue weighted by Gasteiger charge is 2.32. The van der Waals surface area contributed by atoms with Crippen LogP contribution in [0.1, 0.15) is 36.4 Å². The lowest BCUT2D eigenvalue weighted by Gasteiger charge is -2.36. The van der Waals surface area contributed by atoms with Gasteiger partial charge in [-0.15, -0.1) is 0 Å². The number of benzene rings is 1. The summed E-state index contributed by atoms with van der Waals surface area (Å²) in [6.45, 7) is 1.87. The average Bonchev–Trinajstić information content (AvgIpc) is 2.83. The van der Waals surface area contributed by atoms with Crippen molar-refractivity contribution < 1.29 is 8.42 Å². The van der Waals surface area contributed by atoms with Crippen molar-refractivity contribution in [2.75, 3.05) is 19.3 Å². The zero-order chi connectivity index (χ0) is 15.0. The van der Waals surface area contributed by atoms with Crippen LogP contribution in [0.3, 0.4) is 0 Å². The van der Waals surface area contributed by atoms with Crippen LogP contribution in [-0.4, -0.2) is 38.7 Å². The zero-order valence-electron chi connectivity index (χ0n) is 12.2. The van der Waals surface area contributed by atoms with Gasteiger partial charge in [0.05, 0.1) is 6.26 Å². The van der Waals surface area contributed by atoms with Gasteiger partial charge in [-0.3, -0.25) is 4.90 Å². The highest BCUT2D eigenvalue weighted by Crippen LogP contribution is 2.39. The predicted molar refractivity (Wildman–Crippen MR) is 85.1 cm³/mol. The molecule has 1 saturated heterocycles. The van der Waals surface area contributed by atoms with Gasteiger partial charge in [0, 0.05) is 30.2 Å². The molecule has 1 heterocycles. The second-order valence-electron chi connectivity index (χ2n) is 6.06. The van der Waals surface area contributed by atoms with Crippen molar-refractivity contribution in [1.29, 1.82) is 0 Å². The minimum Gasteiger partial charge on any atom is -0.296 e. The molecular formula is C15H21ClN2O2S. The molecule has 1 aromatic carbocycles. The molecule has 1 fully saturated rings. The smallest absolute Gasteiger partial charge is 0.208 e. The summed E-state index contributed by atoms with van der Waals surface area (Å²) in [6.07, 6.45) is 5.14. The standard InChI is InChI=1S/C15H21ClN2O2S/c1-21(19,20)17-11-7-9-18(10-8-11)15-6-5-12-13(15)3-2-4-14(12)16/h2-4,11,15,17H,5-10H2,1H3/t15-/m0/s1. The van der Waals surface area contributed by atoms with E-state index in [2.05, 4.69) is 15.7 Å². The van der Waals surface area contributed by atoms with E-state index in [9.17, 15) is 8.42 Å². The van der Waals surface area contributed by atoms with Gasteiger partial charge in [0.25, 0.3) is 0 Å². The fraction of sp³-hybridized carbons (Fsp3) is 0.600. The van der Waals surface area contributed by atoms with E-state index in [0.717, 1.165) is 43.8 Å². The molecule has 0 unspecified atom stereocenters. The summed E-state index contributed by atoms with van der Waals surface area (Å²) in [5.41, 5.74) is 2.65. The summed E-state index contributed by atoms with van der Waals surface area (Å²) in [6, 6.07) is 6.69. The number of likely N-dealkylation sites (tertiary alicyclic amines) is 1. The van der Waals surface area contributed by atoms with Crippen molar-refractivity contribution in [1.82, 2.24) is 9.62 Å². The number of piperidine rings is 1. The Labute approximate surface area is 131 Å². The van der Waals surface area contributed by atoms with E-state index in [1.165, 1.54) is 17.4 Å². The Morgan fingerprint density at radius 3 is 2.62 bits per heavy atom. The highest BCUT2D eigenvalue weighted by atomic mass is 35.5. The van der Waals surface area contributed by atoms with Crippen LogP contribution >= 0.6 is 11.6 Å². The molecule has 3 rings (SSSR count). The van der Waals surface area contributed by atoms with Crippen LogP contribution in [0.4, 0.5) is 0 Å². The van der Waals surface area contributed by atoms with Gasteiger partial charge in [-0.2, -0.15) is 0 Å². The van der Waals surface area contributed by atoms with E-state index in [-0.39, 0.29) is 6.04 Å². The first-order chi connectivity index (χ1) is 9.94.